The molecule has 0 aliphatic carbocycles. The Balaban J connectivity index is 1.38. The predicted molar refractivity (Wildman–Crippen MR) is 124 cm³/mol. The Morgan fingerprint density at radius 1 is 0.971 bits per heavy atom. The Bertz CT molecular complexity index is 1200. The first-order chi connectivity index (χ1) is 17.0. The molecule has 2 aliphatic heterocycles. The van der Waals surface area contributed by atoms with Crippen molar-refractivity contribution in [2.45, 2.75) is 38.1 Å². The molecule has 1 spiro atoms. The van der Waals surface area contributed by atoms with E-state index in [9.17, 15) is 14.4 Å². The summed E-state index contributed by atoms with van der Waals surface area (Å²) in [7, 11) is 0. The second-order valence-electron chi connectivity index (χ2n) is 8.83. The topological polar surface area (TPSA) is 105 Å². The molecule has 1 atom stereocenters. The minimum Gasteiger partial charge on any atom is -0.467 e. The van der Waals surface area contributed by atoms with Crippen LogP contribution >= 0.6 is 0 Å². The Kier molecular flexibility index (Phi) is 6.17. The van der Waals surface area contributed by atoms with Gasteiger partial charge in [0.05, 0.1) is 25.7 Å². The van der Waals surface area contributed by atoms with Gasteiger partial charge in [0, 0.05) is 31.5 Å². The maximum Gasteiger partial charge on any atom is 0.289 e. The molecule has 35 heavy (non-hydrogen) atoms. The average Bonchev–Trinajstić information content (AvgIpc) is 3.64. The largest absolute Gasteiger partial charge is 0.467 e. The number of carbonyl (C=O) groups is 3. The molecule has 0 bridgehead atoms. The Hall–Kier alpha value is -3.85. The molecular weight excluding hydrogens is 450 g/mol. The van der Waals surface area contributed by atoms with E-state index >= 15 is 0 Å². The van der Waals surface area contributed by atoms with Gasteiger partial charge in [-0.3, -0.25) is 19.3 Å². The second kappa shape index (κ2) is 9.42. The molecule has 4 heterocycles. The van der Waals surface area contributed by atoms with Crippen LogP contribution < -0.4 is 5.32 Å². The summed E-state index contributed by atoms with van der Waals surface area (Å²) in [6.07, 6.45) is 3.78. The number of aryl methyl sites for hydroxylation is 1. The lowest BCUT2D eigenvalue weighted by Gasteiger charge is -2.44. The van der Waals surface area contributed by atoms with Gasteiger partial charge in [-0.15, -0.1) is 0 Å². The average molecular weight is 478 g/mol. The van der Waals surface area contributed by atoms with E-state index in [4.69, 9.17) is 13.6 Å². The number of carbonyl (C=O) groups excluding carboxylic acids is 3. The molecule has 2 fully saturated rings. The molecule has 2 aliphatic rings. The number of nitrogens with one attached hydrogen (secondary N) is 1. The number of ether oxygens (including phenoxy) is 1. The zero-order chi connectivity index (χ0) is 24.4. The molecule has 3 amide bonds. The number of piperidine rings is 1. The molecule has 2 aromatic heterocycles. The van der Waals surface area contributed by atoms with Crippen LogP contribution in [0.3, 0.4) is 0 Å². The third-order valence-electron chi connectivity index (χ3n) is 6.74. The highest BCUT2D eigenvalue weighted by atomic mass is 16.5. The molecule has 182 valence electrons. The summed E-state index contributed by atoms with van der Waals surface area (Å²) >= 11 is 0. The van der Waals surface area contributed by atoms with Crippen molar-refractivity contribution in [1.82, 2.24) is 15.1 Å². The summed E-state index contributed by atoms with van der Waals surface area (Å²) < 4.78 is 16.8. The number of nitrogens with zero attached hydrogens (tertiary/aromatic N) is 2. The molecule has 9 nitrogen and oxygen atoms in total. The van der Waals surface area contributed by atoms with Crippen LogP contribution in [0.2, 0.25) is 0 Å². The molecule has 0 radical (unpaired) electrons. The van der Waals surface area contributed by atoms with Crippen molar-refractivity contribution in [3.63, 3.8) is 0 Å². The summed E-state index contributed by atoms with van der Waals surface area (Å²) in [4.78, 5) is 43.1. The van der Waals surface area contributed by atoms with Gasteiger partial charge in [-0.2, -0.15) is 0 Å². The smallest absolute Gasteiger partial charge is 0.289 e. The minimum absolute atomic E-state index is 0.0771. The number of amides is 3. The van der Waals surface area contributed by atoms with Gasteiger partial charge in [0.2, 0.25) is 5.91 Å². The number of benzene rings is 1. The van der Waals surface area contributed by atoms with E-state index in [1.165, 1.54) is 6.26 Å². The molecule has 9 heteroatoms. The van der Waals surface area contributed by atoms with Gasteiger partial charge in [-0.05, 0) is 42.8 Å². The first-order valence-corrected chi connectivity index (χ1v) is 11.6. The summed E-state index contributed by atoms with van der Waals surface area (Å²) in [5.41, 5.74) is 0.362. The molecule has 1 aromatic carbocycles. The number of hydrogen-bond donors (Lipinski definition) is 1. The number of rotatable bonds is 5. The number of furan rings is 2. The quantitative estimate of drug-likeness (QED) is 0.606. The van der Waals surface area contributed by atoms with Crippen molar-refractivity contribution in [2.75, 3.05) is 19.7 Å². The molecule has 3 aromatic rings. The number of likely N-dealkylation sites (tertiary alicyclic amines) is 1. The Morgan fingerprint density at radius 2 is 1.71 bits per heavy atom. The van der Waals surface area contributed by atoms with Crippen LogP contribution in [0.1, 0.15) is 45.1 Å². The van der Waals surface area contributed by atoms with Crippen LogP contribution in [0.4, 0.5) is 0 Å². The van der Waals surface area contributed by atoms with Crippen LogP contribution in [-0.2, 0) is 16.1 Å². The summed E-state index contributed by atoms with van der Waals surface area (Å²) in [5.74, 6) is 0.121. The highest BCUT2D eigenvalue weighted by molar-refractivity contribution is 5.99. The Morgan fingerprint density at radius 3 is 2.40 bits per heavy atom. The Labute approximate surface area is 202 Å². The van der Waals surface area contributed by atoms with Crippen LogP contribution in [0.15, 0.2) is 69.9 Å². The van der Waals surface area contributed by atoms with Gasteiger partial charge in [0.1, 0.15) is 17.5 Å². The zero-order valence-corrected chi connectivity index (χ0v) is 19.4. The van der Waals surface area contributed by atoms with Crippen LogP contribution in [0, 0.1) is 6.92 Å². The van der Waals surface area contributed by atoms with E-state index in [0.29, 0.717) is 37.3 Å². The monoisotopic (exact) mass is 477 g/mol. The molecule has 0 saturated carbocycles. The van der Waals surface area contributed by atoms with E-state index in [-0.39, 0.29) is 36.6 Å². The van der Waals surface area contributed by atoms with E-state index < -0.39 is 11.8 Å². The fourth-order valence-corrected chi connectivity index (χ4v) is 4.83. The predicted octanol–water partition coefficient (Wildman–Crippen LogP) is 2.97. The van der Waals surface area contributed by atoms with E-state index in [1.807, 2.05) is 19.1 Å². The van der Waals surface area contributed by atoms with Crippen molar-refractivity contribution in [3.05, 3.63) is 83.7 Å². The molecule has 1 N–H and O–H groups in total. The van der Waals surface area contributed by atoms with Crippen molar-refractivity contribution in [1.29, 1.82) is 0 Å². The van der Waals surface area contributed by atoms with Gasteiger partial charge in [0.15, 0.2) is 5.76 Å². The third-order valence-corrected chi connectivity index (χ3v) is 6.74. The summed E-state index contributed by atoms with van der Waals surface area (Å²) in [6.45, 7) is 2.91. The van der Waals surface area contributed by atoms with Crippen molar-refractivity contribution < 1.29 is 28.0 Å². The lowest BCUT2D eigenvalue weighted by Crippen LogP contribution is -2.59. The molecular formula is C26H27N3O6. The van der Waals surface area contributed by atoms with Crippen molar-refractivity contribution in [3.8, 4) is 0 Å². The lowest BCUT2D eigenvalue weighted by atomic mass is 9.95. The maximum atomic E-state index is 13.8. The first kappa shape index (κ1) is 22.9. The lowest BCUT2D eigenvalue weighted by molar-refractivity contribution is -0.128. The highest BCUT2D eigenvalue weighted by Gasteiger charge is 2.54. The van der Waals surface area contributed by atoms with Gasteiger partial charge in [-0.25, -0.2) is 0 Å². The van der Waals surface area contributed by atoms with E-state index in [2.05, 4.69) is 5.32 Å². The van der Waals surface area contributed by atoms with E-state index in [0.717, 1.165) is 5.56 Å². The van der Waals surface area contributed by atoms with Gasteiger partial charge < -0.3 is 23.8 Å². The fraction of sp³-hybridized carbons (Fsp3) is 0.346. The molecule has 2 saturated heterocycles. The third kappa shape index (κ3) is 4.35. The molecule has 5 rings (SSSR count). The van der Waals surface area contributed by atoms with Crippen LogP contribution in [0.25, 0.3) is 0 Å². The van der Waals surface area contributed by atoms with Crippen molar-refractivity contribution >= 4 is 17.7 Å². The molecule has 0 unspecified atom stereocenters. The van der Waals surface area contributed by atoms with Gasteiger partial charge >= 0.3 is 0 Å². The van der Waals surface area contributed by atoms with Gasteiger partial charge in [-0.1, -0.05) is 18.2 Å². The maximum absolute atomic E-state index is 13.8. The van der Waals surface area contributed by atoms with Crippen molar-refractivity contribution in [2.24, 2.45) is 0 Å². The SMILES string of the molecule is Cc1ccccc1C(=O)N1[C@H](C(=O)NCc2ccco2)COC12CCN(C(=O)c1ccco1)CC2. The van der Waals surface area contributed by atoms with E-state index in [1.54, 1.807) is 52.5 Å². The van der Waals surface area contributed by atoms with Gasteiger partial charge in [0.25, 0.3) is 11.8 Å². The van der Waals surface area contributed by atoms with Crippen LogP contribution in [-0.4, -0.2) is 59.0 Å². The second-order valence-corrected chi connectivity index (χ2v) is 8.83. The fourth-order valence-electron chi connectivity index (χ4n) is 4.83. The standard InChI is InChI=1S/C26H27N3O6/c1-18-6-2-3-8-20(18)24(31)29-21(23(30)27-16-19-7-4-14-33-19)17-35-26(29)10-12-28(13-11-26)25(32)22-9-5-15-34-22/h2-9,14-15,21H,10-13,16-17H2,1H3,(H,27,30)/t21-/m0/s1. The highest BCUT2D eigenvalue weighted by Crippen LogP contribution is 2.39. The zero-order valence-electron chi connectivity index (χ0n) is 19.4. The first-order valence-electron chi connectivity index (χ1n) is 11.6. The summed E-state index contributed by atoms with van der Waals surface area (Å²) in [6, 6.07) is 13.3. The minimum atomic E-state index is -0.980. The summed E-state index contributed by atoms with van der Waals surface area (Å²) in [5, 5.41) is 2.86. The van der Waals surface area contributed by atoms with Crippen LogP contribution in [0.5, 0.6) is 0 Å². The number of hydrogen-bond acceptors (Lipinski definition) is 6. The normalized spacial score (nSPS) is 19.2.